The molecule has 1 aromatic heterocycles. The quantitative estimate of drug-likeness (QED) is 0.627. The van der Waals surface area contributed by atoms with Crippen molar-refractivity contribution in [2.45, 2.75) is 4.90 Å². The van der Waals surface area contributed by atoms with Crippen LogP contribution in [0.2, 0.25) is 0 Å². The van der Waals surface area contributed by atoms with E-state index in [4.69, 9.17) is 5.11 Å². The molecule has 0 saturated heterocycles. The van der Waals surface area contributed by atoms with Crippen molar-refractivity contribution in [2.75, 3.05) is 5.94 Å². The molecule has 0 radical (unpaired) electrons. The number of hydrogen-bond acceptors (Lipinski definition) is 3. The van der Waals surface area contributed by atoms with Gasteiger partial charge in [0.05, 0.1) is 4.90 Å². The maximum Gasteiger partial charge on any atom is 0.203 e. The molecule has 0 saturated carbocycles. The van der Waals surface area contributed by atoms with Crippen LogP contribution in [0.5, 0.6) is 0 Å². The molecule has 0 spiro atoms. The zero-order valence-corrected chi connectivity index (χ0v) is 5.93. The molecular formula is C5H7NO3S. The Morgan fingerprint density at radius 2 is 2.30 bits per heavy atom. The normalized spacial score (nSPS) is 11.7. The highest BCUT2D eigenvalue weighted by Gasteiger charge is 2.11. The van der Waals surface area contributed by atoms with Gasteiger partial charge < -0.3 is 10.1 Å². The highest BCUT2D eigenvalue weighted by Crippen LogP contribution is 2.06. The van der Waals surface area contributed by atoms with Gasteiger partial charge in [-0.2, -0.15) is 0 Å². The highest BCUT2D eigenvalue weighted by atomic mass is 32.2. The molecule has 0 fully saturated rings. The Morgan fingerprint density at radius 1 is 1.60 bits per heavy atom. The predicted molar refractivity (Wildman–Crippen MR) is 35.1 cm³/mol. The lowest BCUT2D eigenvalue weighted by molar-refractivity contribution is 0.358. The lowest BCUT2D eigenvalue weighted by atomic mass is 10.7. The maximum absolute atomic E-state index is 10.8. The predicted octanol–water partition coefficient (Wildman–Crippen LogP) is -0.262. The van der Waals surface area contributed by atoms with Crippen LogP contribution in [0.15, 0.2) is 23.4 Å². The minimum Gasteiger partial charge on any atom is -0.380 e. The van der Waals surface area contributed by atoms with Gasteiger partial charge in [0.2, 0.25) is 9.84 Å². The van der Waals surface area contributed by atoms with Gasteiger partial charge in [-0.1, -0.05) is 0 Å². The smallest absolute Gasteiger partial charge is 0.203 e. The van der Waals surface area contributed by atoms with E-state index in [1.54, 1.807) is 0 Å². The fourth-order valence-electron chi connectivity index (χ4n) is 0.577. The summed E-state index contributed by atoms with van der Waals surface area (Å²) in [5, 5.41) is 8.36. The monoisotopic (exact) mass is 161 g/mol. The van der Waals surface area contributed by atoms with Gasteiger partial charge in [-0.3, -0.25) is 0 Å². The molecule has 0 bridgehead atoms. The molecule has 1 aromatic rings. The van der Waals surface area contributed by atoms with Gasteiger partial charge in [-0.25, -0.2) is 8.42 Å². The Bertz CT molecular complexity index is 287. The molecule has 0 aliphatic rings. The average Bonchev–Trinajstić information content (AvgIpc) is 2.38. The van der Waals surface area contributed by atoms with Crippen LogP contribution in [0.25, 0.3) is 0 Å². The zero-order valence-electron chi connectivity index (χ0n) is 5.11. The summed E-state index contributed by atoms with van der Waals surface area (Å²) in [5.74, 6) is -0.842. The second-order valence-corrected chi connectivity index (χ2v) is 3.75. The number of H-pyrrole nitrogens is 1. The third-order valence-corrected chi connectivity index (χ3v) is 2.41. The minimum absolute atomic E-state index is 0.120. The highest BCUT2D eigenvalue weighted by molar-refractivity contribution is 7.91. The van der Waals surface area contributed by atoms with Crippen LogP contribution in [0.4, 0.5) is 0 Å². The van der Waals surface area contributed by atoms with Gasteiger partial charge in [0.25, 0.3) is 0 Å². The number of aromatic nitrogens is 1. The van der Waals surface area contributed by atoms with Crippen molar-refractivity contribution in [1.82, 2.24) is 4.98 Å². The molecule has 4 nitrogen and oxygen atoms in total. The van der Waals surface area contributed by atoms with E-state index >= 15 is 0 Å². The van der Waals surface area contributed by atoms with E-state index in [0.717, 1.165) is 0 Å². The Morgan fingerprint density at radius 3 is 2.70 bits per heavy atom. The molecule has 0 aromatic carbocycles. The molecule has 1 heterocycles. The summed E-state index contributed by atoms with van der Waals surface area (Å²) >= 11 is 0. The molecule has 10 heavy (non-hydrogen) atoms. The fraction of sp³-hybridized carbons (Fsp3) is 0.200. The number of aliphatic hydroxyl groups is 1. The van der Waals surface area contributed by atoms with Crippen molar-refractivity contribution in [3.63, 3.8) is 0 Å². The molecule has 0 atom stereocenters. The maximum atomic E-state index is 10.8. The van der Waals surface area contributed by atoms with E-state index in [1.165, 1.54) is 18.5 Å². The van der Waals surface area contributed by atoms with E-state index in [0.29, 0.717) is 0 Å². The Balaban J connectivity index is 3.09. The standard InChI is InChI=1S/C5H7NO3S/c7-4-10(8,9)5-1-2-6-3-5/h1-3,6-7H,4H2. The lowest BCUT2D eigenvalue weighted by Gasteiger charge is -1.92. The number of aromatic amines is 1. The molecule has 1 rings (SSSR count). The Labute approximate surface area is 58.4 Å². The SMILES string of the molecule is O=S(=O)(CO)c1cc[nH]c1. The van der Waals surface area contributed by atoms with Gasteiger partial charge in [0.15, 0.2) is 0 Å². The van der Waals surface area contributed by atoms with Crippen molar-refractivity contribution in [3.05, 3.63) is 18.5 Å². The second-order valence-electron chi connectivity index (χ2n) is 1.79. The van der Waals surface area contributed by atoms with Gasteiger partial charge >= 0.3 is 0 Å². The van der Waals surface area contributed by atoms with Crippen molar-refractivity contribution in [2.24, 2.45) is 0 Å². The number of sulfone groups is 1. The summed E-state index contributed by atoms with van der Waals surface area (Å²) in [6.45, 7) is 0. The number of rotatable bonds is 2. The molecule has 2 N–H and O–H groups in total. The lowest BCUT2D eigenvalue weighted by Crippen LogP contribution is -2.03. The summed E-state index contributed by atoms with van der Waals surface area (Å²) in [4.78, 5) is 2.70. The van der Waals surface area contributed by atoms with Crippen molar-refractivity contribution >= 4 is 9.84 Å². The largest absolute Gasteiger partial charge is 0.380 e. The average molecular weight is 161 g/mol. The van der Waals surface area contributed by atoms with Crippen LogP contribution in [0, 0.1) is 0 Å². The van der Waals surface area contributed by atoms with Gasteiger partial charge in [0, 0.05) is 12.4 Å². The van der Waals surface area contributed by atoms with Crippen LogP contribution >= 0.6 is 0 Å². The third kappa shape index (κ3) is 1.19. The van der Waals surface area contributed by atoms with Crippen LogP contribution in [0.1, 0.15) is 0 Å². The topological polar surface area (TPSA) is 70.2 Å². The first-order chi connectivity index (χ1) is 4.67. The van der Waals surface area contributed by atoms with Crippen molar-refractivity contribution in [3.8, 4) is 0 Å². The first-order valence-electron chi connectivity index (χ1n) is 2.63. The van der Waals surface area contributed by atoms with E-state index in [1.807, 2.05) is 0 Å². The van der Waals surface area contributed by atoms with Gasteiger partial charge in [0.1, 0.15) is 5.94 Å². The zero-order chi connectivity index (χ0) is 7.61. The Kier molecular flexibility index (Phi) is 1.78. The second kappa shape index (κ2) is 2.43. The van der Waals surface area contributed by atoms with E-state index in [2.05, 4.69) is 4.98 Å². The number of aliphatic hydroxyl groups excluding tert-OH is 1. The van der Waals surface area contributed by atoms with E-state index in [9.17, 15) is 8.42 Å². The Hall–Kier alpha value is -0.810. The summed E-state index contributed by atoms with van der Waals surface area (Å²) in [6, 6.07) is 1.39. The fourth-order valence-corrected chi connectivity index (χ4v) is 1.25. The number of hydrogen-bond donors (Lipinski definition) is 2. The van der Waals surface area contributed by atoms with Crippen LogP contribution in [-0.2, 0) is 9.84 Å². The third-order valence-electron chi connectivity index (χ3n) is 1.10. The molecule has 5 heteroatoms. The van der Waals surface area contributed by atoms with Crippen LogP contribution < -0.4 is 0 Å². The number of nitrogens with one attached hydrogen (secondary N) is 1. The van der Waals surface area contributed by atoms with Gasteiger partial charge in [-0.05, 0) is 6.07 Å². The molecule has 56 valence electrons. The summed E-state index contributed by atoms with van der Waals surface area (Å²) < 4.78 is 21.6. The minimum atomic E-state index is -3.43. The van der Waals surface area contributed by atoms with E-state index in [-0.39, 0.29) is 4.90 Å². The summed E-state index contributed by atoms with van der Waals surface area (Å²) in [7, 11) is -3.43. The summed E-state index contributed by atoms with van der Waals surface area (Å²) in [6.07, 6.45) is 2.81. The van der Waals surface area contributed by atoms with E-state index < -0.39 is 15.8 Å². The molecular weight excluding hydrogens is 154 g/mol. The van der Waals surface area contributed by atoms with Gasteiger partial charge in [-0.15, -0.1) is 0 Å². The van der Waals surface area contributed by atoms with Crippen LogP contribution in [0.3, 0.4) is 0 Å². The molecule has 0 unspecified atom stereocenters. The van der Waals surface area contributed by atoms with Crippen molar-refractivity contribution < 1.29 is 13.5 Å². The summed E-state index contributed by atoms with van der Waals surface area (Å²) in [5.41, 5.74) is 0. The first-order valence-corrected chi connectivity index (χ1v) is 4.28. The van der Waals surface area contributed by atoms with Crippen LogP contribution in [-0.4, -0.2) is 24.4 Å². The van der Waals surface area contributed by atoms with Crippen molar-refractivity contribution in [1.29, 1.82) is 0 Å². The molecule has 0 aliphatic heterocycles. The molecule has 0 aliphatic carbocycles. The molecule has 0 amide bonds. The first kappa shape index (κ1) is 7.30.